The number of aryl methyl sites for hydroxylation is 1. The standard InChI is InChI=1S/C14H17N3O5S/c1-10-9-13(17-22-10)16-14(18)11-3-5-12(6-4-11)23(19,20)15-7-8-21-2/h3-6,9,15H,7-8H2,1-2H3,(H,16,17,18). The molecule has 2 aromatic rings. The van der Waals surface area contributed by atoms with Crippen LogP contribution in [0.2, 0.25) is 0 Å². The number of carbonyl (C=O) groups excluding carboxylic acids is 1. The first-order valence-corrected chi connectivity index (χ1v) is 8.24. The fraction of sp³-hybridized carbons (Fsp3) is 0.286. The summed E-state index contributed by atoms with van der Waals surface area (Å²) in [6.45, 7) is 2.16. The minimum Gasteiger partial charge on any atom is -0.383 e. The summed E-state index contributed by atoms with van der Waals surface area (Å²) >= 11 is 0. The largest absolute Gasteiger partial charge is 0.383 e. The molecule has 8 nitrogen and oxygen atoms in total. The Hall–Kier alpha value is -2.23. The number of amides is 1. The van der Waals surface area contributed by atoms with Gasteiger partial charge in [0.05, 0.1) is 11.5 Å². The van der Waals surface area contributed by atoms with Gasteiger partial charge in [0.15, 0.2) is 5.82 Å². The highest BCUT2D eigenvalue weighted by molar-refractivity contribution is 7.89. The van der Waals surface area contributed by atoms with Crippen molar-refractivity contribution < 1.29 is 22.5 Å². The van der Waals surface area contributed by atoms with Crippen LogP contribution in [0.1, 0.15) is 16.1 Å². The number of hydrogen-bond acceptors (Lipinski definition) is 6. The van der Waals surface area contributed by atoms with Crippen molar-refractivity contribution in [3.05, 3.63) is 41.7 Å². The van der Waals surface area contributed by atoms with E-state index in [2.05, 4.69) is 15.2 Å². The monoisotopic (exact) mass is 339 g/mol. The zero-order valence-corrected chi connectivity index (χ0v) is 13.5. The van der Waals surface area contributed by atoms with Gasteiger partial charge in [-0.15, -0.1) is 0 Å². The van der Waals surface area contributed by atoms with Gasteiger partial charge < -0.3 is 14.6 Å². The lowest BCUT2D eigenvalue weighted by atomic mass is 10.2. The third-order valence-electron chi connectivity index (χ3n) is 2.89. The number of sulfonamides is 1. The minimum atomic E-state index is -3.62. The molecule has 0 aliphatic rings. The summed E-state index contributed by atoms with van der Waals surface area (Å²) in [5.41, 5.74) is 0.307. The summed E-state index contributed by atoms with van der Waals surface area (Å²) in [6.07, 6.45) is 0. The molecule has 0 unspecified atom stereocenters. The number of carbonyl (C=O) groups is 1. The Labute approximate surface area is 133 Å². The molecule has 2 N–H and O–H groups in total. The molecule has 0 saturated carbocycles. The summed E-state index contributed by atoms with van der Waals surface area (Å²) < 4.78 is 36.0. The second-order valence-electron chi connectivity index (χ2n) is 4.69. The summed E-state index contributed by atoms with van der Waals surface area (Å²) in [6, 6.07) is 7.15. The molecule has 0 fully saturated rings. The summed E-state index contributed by atoms with van der Waals surface area (Å²) in [7, 11) is -2.14. The van der Waals surface area contributed by atoms with Gasteiger partial charge in [0, 0.05) is 25.3 Å². The second kappa shape index (κ2) is 7.36. The van der Waals surface area contributed by atoms with E-state index in [4.69, 9.17) is 9.26 Å². The van der Waals surface area contributed by atoms with Crippen LogP contribution >= 0.6 is 0 Å². The Morgan fingerprint density at radius 2 is 2.00 bits per heavy atom. The molecule has 0 bridgehead atoms. The lowest BCUT2D eigenvalue weighted by Gasteiger charge is -2.07. The molecule has 0 spiro atoms. The second-order valence-corrected chi connectivity index (χ2v) is 6.46. The number of anilines is 1. The number of ether oxygens (including phenoxy) is 1. The van der Waals surface area contributed by atoms with Crippen molar-refractivity contribution in [2.75, 3.05) is 25.6 Å². The maximum atomic E-state index is 12.0. The van der Waals surface area contributed by atoms with Crippen LogP contribution in [0.25, 0.3) is 0 Å². The topological polar surface area (TPSA) is 111 Å². The molecule has 1 amide bonds. The minimum absolute atomic E-state index is 0.0717. The van der Waals surface area contributed by atoms with Gasteiger partial charge in [-0.25, -0.2) is 13.1 Å². The van der Waals surface area contributed by atoms with Crippen LogP contribution in [-0.4, -0.2) is 39.7 Å². The number of nitrogens with one attached hydrogen (secondary N) is 2. The lowest BCUT2D eigenvalue weighted by Crippen LogP contribution is -2.27. The Morgan fingerprint density at radius 3 is 2.57 bits per heavy atom. The van der Waals surface area contributed by atoms with E-state index in [1.165, 1.54) is 31.4 Å². The van der Waals surface area contributed by atoms with Crippen molar-refractivity contribution in [2.24, 2.45) is 0 Å². The van der Waals surface area contributed by atoms with Crippen molar-refractivity contribution in [1.82, 2.24) is 9.88 Å². The summed E-state index contributed by atoms with van der Waals surface area (Å²) in [5.74, 6) is 0.462. The quantitative estimate of drug-likeness (QED) is 0.732. The number of nitrogens with zero attached hydrogens (tertiary/aromatic N) is 1. The first kappa shape index (κ1) is 17.1. The molecule has 9 heteroatoms. The van der Waals surface area contributed by atoms with E-state index >= 15 is 0 Å². The van der Waals surface area contributed by atoms with E-state index in [9.17, 15) is 13.2 Å². The Morgan fingerprint density at radius 1 is 1.30 bits per heavy atom. The predicted molar refractivity (Wildman–Crippen MR) is 82.7 cm³/mol. The van der Waals surface area contributed by atoms with Gasteiger partial charge in [0.2, 0.25) is 10.0 Å². The van der Waals surface area contributed by atoms with Gasteiger partial charge in [0.1, 0.15) is 5.76 Å². The summed E-state index contributed by atoms with van der Waals surface area (Å²) in [4.78, 5) is 12.1. The number of benzene rings is 1. The van der Waals surface area contributed by atoms with E-state index in [0.717, 1.165) is 0 Å². The zero-order valence-electron chi connectivity index (χ0n) is 12.7. The molecule has 0 saturated heterocycles. The Bertz CT molecular complexity index is 768. The van der Waals surface area contributed by atoms with Crippen LogP contribution in [0.4, 0.5) is 5.82 Å². The smallest absolute Gasteiger partial charge is 0.256 e. The number of aromatic nitrogens is 1. The van der Waals surface area contributed by atoms with E-state index in [1.807, 2.05) is 0 Å². The molecule has 23 heavy (non-hydrogen) atoms. The molecule has 1 aromatic carbocycles. The van der Waals surface area contributed by atoms with Crippen molar-refractivity contribution in [3.63, 3.8) is 0 Å². The van der Waals surface area contributed by atoms with E-state index < -0.39 is 15.9 Å². The molecule has 0 aliphatic carbocycles. The highest BCUT2D eigenvalue weighted by Crippen LogP contribution is 2.13. The van der Waals surface area contributed by atoms with Crippen LogP contribution in [0, 0.1) is 6.92 Å². The molecule has 0 radical (unpaired) electrons. The van der Waals surface area contributed by atoms with Crippen molar-refractivity contribution in [2.45, 2.75) is 11.8 Å². The normalized spacial score (nSPS) is 11.4. The lowest BCUT2D eigenvalue weighted by molar-refractivity contribution is 0.102. The first-order valence-electron chi connectivity index (χ1n) is 6.76. The molecular weight excluding hydrogens is 322 g/mol. The van der Waals surface area contributed by atoms with E-state index in [0.29, 0.717) is 17.1 Å². The van der Waals surface area contributed by atoms with Crippen LogP contribution in [0.15, 0.2) is 39.8 Å². The maximum absolute atomic E-state index is 12.0. The molecule has 0 atom stereocenters. The van der Waals surface area contributed by atoms with Gasteiger partial charge >= 0.3 is 0 Å². The van der Waals surface area contributed by atoms with Gasteiger partial charge in [-0.1, -0.05) is 5.16 Å². The zero-order chi connectivity index (χ0) is 16.9. The van der Waals surface area contributed by atoms with Gasteiger partial charge in [-0.3, -0.25) is 4.79 Å². The molecule has 1 heterocycles. The molecule has 124 valence electrons. The Balaban J connectivity index is 2.05. The fourth-order valence-electron chi connectivity index (χ4n) is 1.76. The predicted octanol–water partition coefficient (Wildman–Crippen LogP) is 1.16. The molecule has 2 rings (SSSR count). The molecular formula is C14H17N3O5S. The number of rotatable bonds is 7. The average molecular weight is 339 g/mol. The third kappa shape index (κ3) is 4.62. The van der Waals surface area contributed by atoms with Crippen LogP contribution < -0.4 is 10.0 Å². The molecule has 1 aromatic heterocycles. The van der Waals surface area contributed by atoms with Crippen molar-refractivity contribution in [3.8, 4) is 0 Å². The Kier molecular flexibility index (Phi) is 5.48. The van der Waals surface area contributed by atoms with Gasteiger partial charge in [0.25, 0.3) is 5.91 Å². The highest BCUT2D eigenvalue weighted by atomic mass is 32.2. The van der Waals surface area contributed by atoms with Crippen molar-refractivity contribution in [1.29, 1.82) is 0 Å². The van der Waals surface area contributed by atoms with E-state index in [-0.39, 0.29) is 18.0 Å². The molecule has 0 aliphatic heterocycles. The third-order valence-corrected chi connectivity index (χ3v) is 4.37. The van der Waals surface area contributed by atoms with E-state index in [1.54, 1.807) is 13.0 Å². The first-order chi connectivity index (χ1) is 10.9. The van der Waals surface area contributed by atoms with Crippen LogP contribution in [0.3, 0.4) is 0 Å². The maximum Gasteiger partial charge on any atom is 0.256 e. The van der Waals surface area contributed by atoms with Gasteiger partial charge in [-0.2, -0.15) is 0 Å². The number of hydrogen-bond donors (Lipinski definition) is 2. The highest BCUT2D eigenvalue weighted by Gasteiger charge is 2.15. The van der Waals surface area contributed by atoms with Gasteiger partial charge in [-0.05, 0) is 31.2 Å². The van der Waals surface area contributed by atoms with Crippen molar-refractivity contribution >= 4 is 21.7 Å². The number of methoxy groups -OCH3 is 1. The fourth-order valence-corrected chi connectivity index (χ4v) is 2.77. The SMILES string of the molecule is COCCNS(=O)(=O)c1ccc(C(=O)Nc2cc(C)on2)cc1. The van der Waals surface area contributed by atoms with Crippen LogP contribution in [0.5, 0.6) is 0 Å². The average Bonchev–Trinajstić information content (AvgIpc) is 2.92. The summed E-state index contributed by atoms with van der Waals surface area (Å²) in [5, 5.41) is 6.21. The van der Waals surface area contributed by atoms with Crippen LogP contribution in [-0.2, 0) is 14.8 Å².